The number of carbonyl (C=O) groups excluding carboxylic acids is 4. The van der Waals surface area contributed by atoms with E-state index < -0.39 is 84.2 Å². The molecule has 0 fully saturated rings. The van der Waals surface area contributed by atoms with Crippen molar-refractivity contribution >= 4 is 29.5 Å². The second-order valence-electron chi connectivity index (χ2n) is 12.8. The Morgan fingerprint density at radius 3 is 1.55 bits per heavy atom. The number of carbonyl (C=O) groups is 5. The van der Waals surface area contributed by atoms with Crippen LogP contribution in [0, 0.1) is 29.6 Å². The SMILES string of the molecule is CC(C)CC(NC(=O)[C@@H](NC(=O)[C@@H](N)C(C)C)C(C)C)C(O)CC(=O)C(C(=O)O)C(O)C(CC(C)C)NC(=O)[C@H](C)N. The van der Waals surface area contributed by atoms with Crippen LogP contribution in [-0.4, -0.2) is 87.2 Å². The second-order valence-corrected chi connectivity index (χ2v) is 12.8. The van der Waals surface area contributed by atoms with Crippen molar-refractivity contribution in [3.05, 3.63) is 0 Å². The van der Waals surface area contributed by atoms with Crippen molar-refractivity contribution in [1.82, 2.24) is 16.0 Å². The average Bonchev–Trinajstić information content (AvgIpc) is 2.84. The highest BCUT2D eigenvalue weighted by molar-refractivity contribution is 5.99. The van der Waals surface area contributed by atoms with Crippen molar-refractivity contribution in [3.63, 3.8) is 0 Å². The van der Waals surface area contributed by atoms with E-state index in [1.807, 2.05) is 27.7 Å². The van der Waals surface area contributed by atoms with Crippen molar-refractivity contribution in [2.24, 2.45) is 41.1 Å². The average molecular weight is 602 g/mol. The molecule has 0 saturated heterocycles. The molecule has 0 aromatic carbocycles. The number of Topliss-reactive ketones (excluding diaryl/α,β-unsaturated/α-hetero) is 1. The van der Waals surface area contributed by atoms with E-state index in [1.165, 1.54) is 6.92 Å². The van der Waals surface area contributed by atoms with Crippen molar-refractivity contribution in [2.45, 2.75) is 124 Å². The highest BCUT2D eigenvalue weighted by Crippen LogP contribution is 2.21. The predicted molar refractivity (Wildman–Crippen MR) is 159 cm³/mol. The van der Waals surface area contributed by atoms with Crippen LogP contribution >= 0.6 is 0 Å². The predicted octanol–water partition coefficient (Wildman–Crippen LogP) is -0.0987. The van der Waals surface area contributed by atoms with E-state index in [0.29, 0.717) is 0 Å². The minimum absolute atomic E-state index is 0.0359. The van der Waals surface area contributed by atoms with Gasteiger partial charge in [0.1, 0.15) is 12.0 Å². The fourth-order valence-corrected chi connectivity index (χ4v) is 4.47. The molecule has 8 atom stereocenters. The van der Waals surface area contributed by atoms with Gasteiger partial charge < -0.3 is 42.7 Å². The maximum Gasteiger partial charge on any atom is 0.316 e. The van der Waals surface area contributed by atoms with Crippen molar-refractivity contribution in [1.29, 1.82) is 0 Å². The Hall–Kier alpha value is -2.61. The van der Waals surface area contributed by atoms with Crippen LogP contribution in [0.4, 0.5) is 0 Å². The minimum atomic E-state index is -1.95. The van der Waals surface area contributed by atoms with Crippen LogP contribution in [0.15, 0.2) is 0 Å². The van der Waals surface area contributed by atoms with Gasteiger partial charge in [0.2, 0.25) is 17.7 Å². The molecular formula is C29H55N5O8. The summed E-state index contributed by atoms with van der Waals surface area (Å²) in [5.74, 6) is -6.82. The number of aliphatic carboxylic acids is 1. The van der Waals surface area contributed by atoms with Gasteiger partial charge in [-0.05, 0) is 43.4 Å². The first-order valence-electron chi connectivity index (χ1n) is 14.7. The van der Waals surface area contributed by atoms with E-state index in [1.54, 1.807) is 27.7 Å². The quantitative estimate of drug-likeness (QED) is 0.0915. The molecule has 0 radical (unpaired) electrons. The van der Waals surface area contributed by atoms with Crippen LogP contribution in [0.5, 0.6) is 0 Å². The largest absolute Gasteiger partial charge is 0.481 e. The molecule has 13 heteroatoms. The molecule has 0 aromatic heterocycles. The van der Waals surface area contributed by atoms with Gasteiger partial charge in [-0.3, -0.25) is 24.0 Å². The van der Waals surface area contributed by atoms with Crippen LogP contribution in [0.1, 0.15) is 81.6 Å². The number of carboxylic acids is 1. The van der Waals surface area contributed by atoms with Crippen LogP contribution in [-0.2, 0) is 24.0 Å². The molecule has 10 N–H and O–H groups in total. The number of aliphatic hydroxyl groups is 2. The van der Waals surface area contributed by atoms with E-state index in [0.717, 1.165) is 0 Å². The van der Waals surface area contributed by atoms with Gasteiger partial charge in [0.05, 0.1) is 36.4 Å². The molecular weight excluding hydrogens is 546 g/mol. The first kappa shape index (κ1) is 39.4. The Labute approximate surface area is 249 Å². The van der Waals surface area contributed by atoms with Crippen LogP contribution < -0.4 is 27.4 Å². The summed E-state index contributed by atoms with van der Waals surface area (Å²) < 4.78 is 0. The number of hydrogen-bond acceptors (Lipinski definition) is 9. The number of hydrogen-bond donors (Lipinski definition) is 8. The summed E-state index contributed by atoms with van der Waals surface area (Å²) >= 11 is 0. The maximum atomic E-state index is 13.2. The Bertz CT molecular complexity index is 908. The molecule has 0 spiro atoms. The fourth-order valence-electron chi connectivity index (χ4n) is 4.47. The third-order valence-electron chi connectivity index (χ3n) is 7.03. The normalized spacial score (nSPS) is 17.6. The molecule has 244 valence electrons. The van der Waals surface area contributed by atoms with Gasteiger partial charge in [-0.1, -0.05) is 55.4 Å². The third kappa shape index (κ3) is 13.1. The monoisotopic (exact) mass is 601 g/mol. The standard InChI is InChI=1S/C29H55N5O8/c1-13(2)10-18(32-28(40)24(16(7)8)34-27(39)23(31)15(5)6)20(35)12-21(36)22(29(41)42)25(37)19(11-14(3)4)33-26(38)17(9)30/h13-20,22-25,35,37H,10-12,30-31H2,1-9H3,(H,32,40)(H,33,38)(H,34,39)(H,41,42)/t17-,18?,19?,20?,22?,23-,24-,25?/m0/s1. The molecule has 42 heavy (non-hydrogen) atoms. The van der Waals surface area contributed by atoms with E-state index in [9.17, 15) is 39.3 Å². The highest BCUT2D eigenvalue weighted by atomic mass is 16.4. The molecule has 0 aliphatic heterocycles. The molecule has 0 bridgehead atoms. The zero-order valence-electron chi connectivity index (χ0n) is 26.6. The van der Waals surface area contributed by atoms with Gasteiger partial charge >= 0.3 is 5.97 Å². The lowest BCUT2D eigenvalue weighted by molar-refractivity contribution is -0.153. The van der Waals surface area contributed by atoms with E-state index >= 15 is 0 Å². The maximum absolute atomic E-state index is 13.2. The van der Waals surface area contributed by atoms with Crippen molar-refractivity contribution in [3.8, 4) is 0 Å². The van der Waals surface area contributed by atoms with E-state index in [-0.39, 0.29) is 36.5 Å². The van der Waals surface area contributed by atoms with Gasteiger partial charge in [0, 0.05) is 6.42 Å². The highest BCUT2D eigenvalue weighted by Gasteiger charge is 2.41. The summed E-state index contributed by atoms with van der Waals surface area (Å²) in [7, 11) is 0. The summed E-state index contributed by atoms with van der Waals surface area (Å²) in [4.78, 5) is 63.4. The Kier molecular flexibility index (Phi) is 17.0. The topological polar surface area (TPSA) is 234 Å². The van der Waals surface area contributed by atoms with Gasteiger partial charge in [0.15, 0.2) is 5.78 Å². The number of nitrogens with one attached hydrogen (secondary N) is 3. The van der Waals surface area contributed by atoms with E-state index in [2.05, 4.69) is 16.0 Å². The van der Waals surface area contributed by atoms with Gasteiger partial charge in [0.25, 0.3) is 0 Å². The third-order valence-corrected chi connectivity index (χ3v) is 7.03. The summed E-state index contributed by atoms with van der Waals surface area (Å²) in [6.07, 6.45) is -3.56. The van der Waals surface area contributed by atoms with Crippen LogP contribution in [0.3, 0.4) is 0 Å². The molecule has 0 aliphatic rings. The Morgan fingerprint density at radius 1 is 0.667 bits per heavy atom. The lowest BCUT2D eigenvalue weighted by atomic mass is 9.84. The molecule has 0 heterocycles. The molecule has 5 unspecified atom stereocenters. The summed E-state index contributed by atoms with van der Waals surface area (Å²) in [5, 5.41) is 39.8. The van der Waals surface area contributed by atoms with Crippen LogP contribution in [0.2, 0.25) is 0 Å². The first-order valence-corrected chi connectivity index (χ1v) is 14.7. The Balaban J connectivity index is 5.95. The molecule has 0 rings (SSSR count). The van der Waals surface area contributed by atoms with Gasteiger partial charge in [-0.2, -0.15) is 0 Å². The summed E-state index contributed by atoms with van der Waals surface area (Å²) in [6, 6.07) is -4.77. The number of amides is 3. The number of nitrogens with two attached hydrogens (primary N) is 2. The lowest BCUT2D eigenvalue weighted by Crippen LogP contribution is -2.58. The molecule has 0 saturated carbocycles. The lowest BCUT2D eigenvalue weighted by Gasteiger charge is -2.32. The van der Waals surface area contributed by atoms with Gasteiger partial charge in [-0.15, -0.1) is 0 Å². The zero-order valence-corrected chi connectivity index (χ0v) is 26.6. The Morgan fingerprint density at radius 2 is 1.14 bits per heavy atom. The van der Waals surface area contributed by atoms with Crippen molar-refractivity contribution in [2.75, 3.05) is 0 Å². The minimum Gasteiger partial charge on any atom is -0.481 e. The van der Waals surface area contributed by atoms with E-state index in [4.69, 9.17) is 11.5 Å². The number of carboxylic acid groups (broad SMARTS) is 1. The first-order chi connectivity index (χ1) is 19.2. The smallest absolute Gasteiger partial charge is 0.316 e. The van der Waals surface area contributed by atoms with Gasteiger partial charge in [-0.25, -0.2) is 0 Å². The number of rotatable bonds is 19. The molecule has 0 aromatic rings. The fraction of sp³-hybridized carbons (Fsp3) is 0.828. The molecule has 0 aliphatic carbocycles. The number of ketones is 1. The number of aliphatic hydroxyl groups excluding tert-OH is 2. The summed E-state index contributed by atoms with van der Waals surface area (Å²) in [6.45, 7) is 15.8. The van der Waals surface area contributed by atoms with Crippen LogP contribution in [0.25, 0.3) is 0 Å². The second kappa shape index (κ2) is 18.1. The zero-order chi connectivity index (χ0) is 33.1. The van der Waals surface area contributed by atoms with Crippen molar-refractivity contribution < 1.29 is 39.3 Å². The summed E-state index contributed by atoms with van der Waals surface area (Å²) in [5.41, 5.74) is 11.5. The molecule has 3 amide bonds. The molecule has 13 nitrogen and oxygen atoms in total.